The van der Waals surface area contributed by atoms with Crippen LogP contribution in [0.25, 0.3) is 11.0 Å². The molecule has 21 heavy (non-hydrogen) atoms. The second-order valence-corrected chi connectivity index (χ2v) is 4.36. The van der Waals surface area contributed by atoms with Gasteiger partial charge in [-0.25, -0.2) is 9.78 Å². The Morgan fingerprint density at radius 3 is 2.81 bits per heavy atom. The Balaban J connectivity index is 2.45. The lowest BCUT2D eigenvalue weighted by Gasteiger charge is -2.08. The van der Waals surface area contributed by atoms with Crippen LogP contribution in [0.4, 0.5) is 0 Å². The number of aromatic nitrogens is 2. The van der Waals surface area contributed by atoms with Crippen molar-refractivity contribution in [1.82, 2.24) is 9.55 Å². The predicted molar refractivity (Wildman–Crippen MR) is 76.5 cm³/mol. The number of ether oxygens (including phenoxy) is 1. The van der Waals surface area contributed by atoms with Gasteiger partial charge in [0.25, 0.3) is 5.56 Å². The van der Waals surface area contributed by atoms with Crippen LogP contribution in [0.15, 0.2) is 34.2 Å². The number of hydrogen-bond acceptors (Lipinski definition) is 6. The molecule has 1 aromatic heterocycles. The first-order valence-corrected chi connectivity index (χ1v) is 6.41. The van der Waals surface area contributed by atoms with E-state index in [0.717, 1.165) is 0 Å². The van der Waals surface area contributed by atoms with Gasteiger partial charge in [0.15, 0.2) is 5.71 Å². The Morgan fingerprint density at radius 1 is 1.43 bits per heavy atom. The molecule has 0 spiro atoms. The summed E-state index contributed by atoms with van der Waals surface area (Å²) < 4.78 is 6.20. The maximum atomic E-state index is 12.2. The van der Waals surface area contributed by atoms with Crippen molar-refractivity contribution >= 4 is 22.7 Å². The number of hydrogen-bond donors (Lipinski definition) is 1. The van der Waals surface area contributed by atoms with E-state index in [0.29, 0.717) is 11.0 Å². The summed E-state index contributed by atoms with van der Waals surface area (Å²) in [7, 11) is 1.62. The van der Waals surface area contributed by atoms with Crippen LogP contribution < -0.4 is 5.56 Å². The van der Waals surface area contributed by atoms with Crippen molar-refractivity contribution in [3.05, 3.63) is 40.3 Å². The largest absolute Gasteiger partial charge is 0.461 e. The SMILES string of the molecule is CCOC(=O)/C(Cc1nc2ccccc2n(C)c1=O)=N\O. The zero-order valence-corrected chi connectivity index (χ0v) is 11.7. The van der Waals surface area contributed by atoms with Gasteiger partial charge in [-0.3, -0.25) is 4.79 Å². The molecule has 0 radical (unpaired) electrons. The molecular weight excluding hydrogens is 274 g/mol. The molecule has 7 heteroatoms. The summed E-state index contributed by atoms with van der Waals surface area (Å²) in [4.78, 5) is 28.0. The van der Waals surface area contributed by atoms with E-state index < -0.39 is 5.97 Å². The number of carbonyl (C=O) groups is 1. The lowest BCUT2D eigenvalue weighted by atomic mass is 10.2. The van der Waals surface area contributed by atoms with E-state index in [1.165, 1.54) is 4.57 Å². The number of para-hydroxylation sites is 2. The highest BCUT2D eigenvalue weighted by Crippen LogP contribution is 2.09. The molecule has 0 fully saturated rings. The predicted octanol–water partition coefficient (Wildman–Crippen LogP) is 0.869. The van der Waals surface area contributed by atoms with Crippen LogP contribution >= 0.6 is 0 Å². The molecule has 0 aliphatic rings. The summed E-state index contributed by atoms with van der Waals surface area (Å²) in [6.45, 7) is 1.79. The van der Waals surface area contributed by atoms with Gasteiger partial charge in [0.05, 0.1) is 17.6 Å². The molecule has 0 saturated heterocycles. The zero-order chi connectivity index (χ0) is 15.4. The van der Waals surface area contributed by atoms with E-state index in [1.807, 2.05) is 6.07 Å². The molecule has 0 amide bonds. The summed E-state index contributed by atoms with van der Waals surface area (Å²) in [6.07, 6.45) is -0.188. The van der Waals surface area contributed by atoms with Gasteiger partial charge < -0.3 is 14.5 Å². The first kappa shape index (κ1) is 14.7. The summed E-state index contributed by atoms with van der Waals surface area (Å²) in [6, 6.07) is 7.15. The maximum Gasteiger partial charge on any atom is 0.356 e. The topological polar surface area (TPSA) is 93.8 Å². The number of fused-ring (bicyclic) bond motifs is 1. The lowest BCUT2D eigenvalue weighted by molar-refractivity contribution is -0.135. The number of esters is 1. The average Bonchev–Trinajstić information content (AvgIpc) is 2.49. The highest BCUT2D eigenvalue weighted by molar-refractivity contribution is 6.36. The highest BCUT2D eigenvalue weighted by Gasteiger charge is 2.18. The fourth-order valence-corrected chi connectivity index (χ4v) is 1.98. The minimum Gasteiger partial charge on any atom is -0.461 e. The van der Waals surface area contributed by atoms with Crippen LogP contribution in [0.5, 0.6) is 0 Å². The molecule has 0 aliphatic carbocycles. The minimum absolute atomic E-state index is 0.122. The average molecular weight is 289 g/mol. The van der Waals surface area contributed by atoms with Crippen LogP contribution in [-0.2, 0) is 23.0 Å². The fourth-order valence-electron chi connectivity index (χ4n) is 1.98. The van der Waals surface area contributed by atoms with E-state index >= 15 is 0 Å². The molecule has 110 valence electrons. The molecule has 0 unspecified atom stereocenters. The third-order valence-corrected chi connectivity index (χ3v) is 3.02. The zero-order valence-electron chi connectivity index (χ0n) is 11.7. The third-order valence-electron chi connectivity index (χ3n) is 3.02. The summed E-state index contributed by atoms with van der Waals surface area (Å²) >= 11 is 0. The van der Waals surface area contributed by atoms with Crippen molar-refractivity contribution in [2.45, 2.75) is 13.3 Å². The Kier molecular flexibility index (Phi) is 4.32. The molecule has 0 aliphatic heterocycles. The maximum absolute atomic E-state index is 12.2. The Labute approximate surface area is 120 Å². The molecule has 0 saturated carbocycles. The lowest BCUT2D eigenvalue weighted by Crippen LogP contribution is -2.28. The third kappa shape index (κ3) is 2.91. The van der Waals surface area contributed by atoms with E-state index in [2.05, 4.69) is 10.1 Å². The van der Waals surface area contributed by atoms with Crippen LogP contribution in [0.3, 0.4) is 0 Å². The first-order valence-electron chi connectivity index (χ1n) is 6.41. The summed E-state index contributed by atoms with van der Waals surface area (Å²) in [5, 5.41) is 11.8. The van der Waals surface area contributed by atoms with Crippen LogP contribution in [-0.4, -0.2) is 33.0 Å². The van der Waals surface area contributed by atoms with Crippen LogP contribution in [0, 0.1) is 0 Å². The van der Waals surface area contributed by atoms with Crippen molar-refractivity contribution in [3.63, 3.8) is 0 Å². The van der Waals surface area contributed by atoms with E-state index in [-0.39, 0.29) is 30.0 Å². The van der Waals surface area contributed by atoms with E-state index in [9.17, 15) is 9.59 Å². The normalized spacial score (nSPS) is 11.6. The molecule has 1 aromatic carbocycles. The van der Waals surface area contributed by atoms with E-state index in [4.69, 9.17) is 9.94 Å². The monoisotopic (exact) mass is 289 g/mol. The fraction of sp³-hybridized carbons (Fsp3) is 0.286. The second-order valence-electron chi connectivity index (χ2n) is 4.36. The smallest absolute Gasteiger partial charge is 0.356 e. The standard InChI is InChI=1S/C14H15N3O4/c1-3-21-14(19)11(16-20)8-10-13(18)17(2)12-7-5-4-6-9(12)15-10/h4-7,20H,3,8H2,1-2H3/b16-11-. The molecule has 1 heterocycles. The van der Waals surface area contributed by atoms with Gasteiger partial charge in [0.1, 0.15) is 5.69 Å². The number of carbonyl (C=O) groups excluding carboxylic acids is 1. The van der Waals surface area contributed by atoms with Gasteiger partial charge in [-0.05, 0) is 19.1 Å². The second kappa shape index (κ2) is 6.17. The van der Waals surface area contributed by atoms with Crippen molar-refractivity contribution in [2.24, 2.45) is 12.2 Å². The summed E-state index contributed by atoms with van der Waals surface area (Å²) in [5.74, 6) is -0.767. The molecule has 7 nitrogen and oxygen atoms in total. The molecule has 2 aromatic rings. The first-order chi connectivity index (χ1) is 10.1. The molecular formula is C14H15N3O4. The molecule has 0 atom stereocenters. The van der Waals surface area contributed by atoms with Gasteiger partial charge >= 0.3 is 5.97 Å². The minimum atomic E-state index is -0.767. The van der Waals surface area contributed by atoms with Crippen molar-refractivity contribution in [3.8, 4) is 0 Å². The van der Waals surface area contributed by atoms with Crippen LogP contribution in [0.1, 0.15) is 12.6 Å². The summed E-state index contributed by atoms with van der Waals surface area (Å²) in [5.41, 5.74) is 0.827. The number of benzene rings is 1. The van der Waals surface area contributed by atoms with E-state index in [1.54, 1.807) is 32.2 Å². The number of aryl methyl sites for hydroxylation is 1. The Bertz CT molecular complexity index is 764. The molecule has 2 rings (SSSR count). The Morgan fingerprint density at radius 2 is 2.14 bits per heavy atom. The van der Waals surface area contributed by atoms with Crippen molar-refractivity contribution in [2.75, 3.05) is 6.61 Å². The Hall–Kier alpha value is -2.70. The number of oxime groups is 1. The van der Waals surface area contributed by atoms with Gasteiger partial charge in [0, 0.05) is 13.5 Å². The molecule has 1 N–H and O–H groups in total. The van der Waals surface area contributed by atoms with Crippen LogP contribution in [0.2, 0.25) is 0 Å². The highest BCUT2D eigenvalue weighted by atomic mass is 16.5. The molecule has 0 bridgehead atoms. The van der Waals surface area contributed by atoms with Crippen molar-refractivity contribution < 1.29 is 14.7 Å². The quantitative estimate of drug-likeness (QED) is 0.390. The van der Waals surface area contributed by atoms with Gasteiger partial charge in [-0.2, -0.15) is 0 Å². The van der Waals surface area contributed by atoms with Crippen molar-refractivity contribution in [1.29, 1.82) is 0 Å². The number of nitrogens with zero attached hydrogens (tertiary/aromatic N) is 3. The van der Waals surface area contributed by atoms with Gasteiger partial charge in [0.2, 0.25) is 0 Å². The number of rotatable bonds is 4. The van der Waals surface area contributed by atoms with Gasteiger partial charge in [-0.15, -0.1) is 0 Å². The van der Waals surface area contributed by atoms with Gasteiger partial charge in [-0.1, -0.05) is 17.3 Å².